The van der Waals surface area contributed by atoms with E-state index in [1.807, 2.05) is 24.3 Å². The second-order valence-corrected chi connectivity index (χ2v) is 6.29. The summed E-state index contributed by atoms with van der Waals surface area (Å²) in [4.78, 5) is 12.3. The fraction of sp³-hybridized carbons (Fsp3) is 0.444. The Labute approximate surface area is 135 Å². The van der Waals surface area contributed by atoms with E-state index in [1.165, 1.54) is 24.1 Å². The molecule has 1 amide bonds. The zero-order chi connectivity index (χ0) is 15.6. The van der Waals surface area contributed by atoms with Crippen molar-refractivity contribution in [2.45, 2.75) is 44.6 Å². The number of aromatic amines is 1. The number of ether oxygens (including phenoxy) is 1. The zero-order valence-corrected chi connectivity index (χ0v) is 13.1. The van der Waals surface area contributed by atoms with E-state index in [0.29, 0.717) is 13.0 Å². The molecule has 2 heterocycles. The number of hydrogen-bond donors (Lipinski definition) is 2. The van der Waals surface area contributed by atoms with Gasteiger partial charge in [0.25, 0.3) is 5.91 Å². The molecule has 1 aliphatic carbocycles. The van der Waals surface area contributed by atoms with Crippen LogP contribution in [0.2, 0.25) is 0 Å². The lowest BCUT2D eigenvalue weighted by molar-refractivity contribution is -0.127. The first-order chi connectivity index (χ1) is 11.3. The molecule has 23 heavy (non-hydrogen) atoms. The Morgan fingerprint density at radius 1 is 1.30 bits per heavy atom. The molecule has 2 N–H and O–H groups in total. The predicted molar refractivity (Wildman–Crippen MR) is 86.5 cm³/mol. The highest BCUT2D eigenvalue weighted by Gasteiger charge is 2.28. The topological polar surface area (TPSA) is 67.0 Å². The third kappa shape index (κ3) is 2.83. The highest BCUT2D eigenvalue weighted by Crippen LogP contribution is 2.28. The summed E-state index contributed by atoms with van der Waals surface area (Å²) in [5.74, 6) is 0.791. The first-order valence-corrected chi connectivity index (χ1v) is 8.38. The molecule has 0 saturated heterocycles. The predicted octanol–water partition coefficient (Wildman–Crippen LogP) is 1.95. The van der Waals surface area contributed by atoms with Crippen molar-refractivity contribution in [1.82, 2.24) is 15.5 Å². The first kappa shape index (κ1) is 14.3. The van der Waals surface area contributed by atoms with Crippen molar-refractivity contribution in [2.75, 3.05) is 6.54 Å². The summed E-state index contributed by atoms with van der Waals surface area (Å²) in [6, 6.07) is 7.83. The molecule has 1 aromatic carbocycles. The van der Waals surface area contributed by atoms with Crippen LogP contribution in [0.4, 0.5) is 0 Å². The summed E-state index contributed by atoms with van der Waals surface area (Å²) in [5.41, 5.74) is 4.87. The number of aromatic nitrogens is 2. The number of carbonyl (C=O) groups excluding carboxylic acids is 1. The monoisotopic (exact) mass is 311 g/mol. The number of nitrogens with zero attached hydrogens (tertiary/aromatic N) is 1. The summed E-state index contributed by atoms with van der Waals surface area (Å²) in [6.45, 7) is 0.604. The molecule has 5 nitrogen and oxygen atoms in total. The molecule has 2 aliphatic rings. The van der Waals surface area contributed by atoms with Crippen molar-refractivity contribution in [3.63, 3.8) is 0 Å². The average molecular weight is 311 g/mol. The molecule has 1 atom stereocenters. The molecular weight excluding hydrogens is 290 g/mol. The minimum atomic E-state index is -0.402. The van der Waals surface area contributed by atoms with Crippen LogP contribution < -0.4 is 10.1 Å². The van der Waals surface area contributed by atoms with Crippen LogP contribution in [0.15, 0.2) is 24.3 Å². The van der Waals surface area contributed by atoms with Crippen LogP contribution in [0.25, 0.3) is 0 Å². The van der Waals surface area contributed by atoms with Crippen molar-refractivity contribution < 1.29 is 9.53 Å². The number of hydrogen-bond acceptors (Lipinski definition) is 3. The van der Waals surface area contributed by atoms with E-state index < -0.39 is 6.10 Å². The maximum atomic E-state index is 12.3. The number of carbonyl (C=O) groups is 1. The molecule has 5 heteroatoms. The van der Waals surface area contributed by atoms with Crippen molar-refractivity contribution in [3.05, 3.63) is 46.8 Å². The van der Waals surface area contributed by atoms with E-state index in [0.717, 1.165) is 36.3 Å². The van der Waals surface area contributed by atoms with Gasteiger partial charge in [-0.25, -0.2) is 0 Å². The van der Waals surface area contributed by atoms with Gasteiger partial charge in [-0.05, 0) is 42.9 Å². The van der Waals surface area contributed by atoms with E-state index in [9.17, 15) is 4.79 Å². The van der Waals surface area contributed by atoms with E-state index in [4.69, 9.17) is 4.74 Å². The molecule has 0 fully saturated rings. The zero-order valence-electron chi connectivity index (χ0n) is 13.1. The molecule has 0 bridgehead atoms. The van der Waals surface area contributed by atoms with Crippen molar-refractivity contribution in [2.24, 2.45) is 0 Å². The maximum Gasteiger partial charge on any atom is 0.261 e. The smallest absolute Gasteiger partial charge is 0.261 e. The lowest BCUT2D eigenvalue weighted by atomic mass is 9.95. The van der Waals surface area contributed by atoms with Gasteiger partial charge in [0, 0.05) is 25.1 Å². The summed E-state index contributed by atoms with van der Waals surface area (Å²) in [5, 5.41) is 10.5. The highest BCUT2D eigenvalue weighted by atomic mass is 16.5. The highest BCUT2D eigenvalue weighted by molar-refractivity contribution is 5.82. The van der Waals surface area contributed by atoms with Gasteiger partial charge >= 0.3 is 0 Å². The maximum absolute atomic E-state index is 12.3. The number of para-hydroxylation sites is 1. The quantitative estimate of drug-likeness (QED) is 0.907. The van der Waals surface area contributed by atoms with E-state index >= 15 is 0 Å². The molecular formula is C18H21N3O2. The van der Waals surface area contributed by atoms with Crippen molar-refractivity contribution in [3.8, 4) is 5.75 Å². The number of aryl methyl sites for hydroxylation is 1. The van der Waals surface area contributed by atoms with Gasteiger partial charge in [-0.2, -0.15) is 5.10 Å². The lowest BCUT2D eigenvalue weighted by Gasteiger charge is -2.13. The minimum absolute atomic E-state index is 0.0365. The molecule has 1 aromatic heterocycles. The third-order valence-electron chi connectivity index (χ3n) is 4.74. The number of nitrogens with one attached hydrogen (secondary N) is 2. The second kappa shape index (κ2) is 6.07. The summed E-state index contributed by atoms with van der Waals surface area (Å²) >= 11 is 0. The Kier molecular flexibility index (Phi) is 3.77. The molecule has 0 radical (unpaired) electrons. The van der Waals surface area contributed by atoms with Gasteiger partial charge in [0.15, 0.2) is 6.10 Å². The number of rotatable bonds is 4. The molecule has 2 aromatic rings. The van der Waals surface area contributed by atoms with Crippen LogP contribution in [-0.2, 0) is 30.5 Å². The van der Waals surface area contributed by atoms with E-state index in [1.54, 1.807) is 0 Å². The van der Waals surface area contributed by atoms with Gasteiger partial charge in [0.05, 0.1) is 5.69 Å². The molecule has 1 aliphatic heterocycles. The van der Waals surface area contributed by atoms with Crippen LogP contribution in [0.5, 0.6) is 5.75 Å². The van der Waals surface area contributed by atoms with Gasteiger partial charge < -0.3 is 10.1 Å². The number of fused-ring (bicyclic) bond motifs is 2. The number of amides is 1. The largest absolute Gasteiger partial charge is 0.480 e. The van der Waals surface area contributed by atoms with Crippen LogP contribution in [0.1, 0.15) is 35.4 Å². The molecule has 0 saturated carbocycles. The average Bonchev–Trinajstić information content (AvgIpc) is 3.19. The van der Waals surface area contributed by atoms with Crippen LogP contribution in [0, 0.1) is 0 Å². The third-order valence-corrected chi connectivity index (χ3v) is 4.74. The van der Waals surface area contributed by atoms with Gasteiger partial charge in [-0.15, -0.1) is 0 Å². The van der Waals surface area contributed by atoms with Gasteiger partial charge in [-0.1, -0.05) is 18.2 Å². The Morgan fingerprint density at radius 3 is 3.09 bits per heavy atom. The van der Waals surface area contributed by atoms with Crippen molar-refractivity contribution in [1.29, 1.82) is 0 Å². The lowest BCUT2D eigenvalue weighted by Crippen LogP contribution is -2.38. The second-order valence-electron chi connectivity index (χ2n) is 6.29. The normalized spacial score (nSPS) is 18.9. The fourth-order valence-electron chi connectivity index (χ4n) is 3.50. The minimum Gasteiger partial charge on any atom is -0.480 e. The van der Waals surface area contributed by atoms with E-state index in [-0.39, 0.29) is 5.91 Å². The van der Waals surface area contributed by atoms with Gasteiger partial charge in [0.2, 0.25) is 0 Å². The Hall–Kier alpha value is -2.30. The van der Waals surface area contributed by atoms with Gasteiger partial charge in [0.1, 0.15) is 5.75 Å². The Balaban J connectivity index is 1.30. The summed E-state index contributed by atoms with van der Waals surface area (Å²) in [7, 11) is 0. The van der Waals surface area contributed by atoms with E-state index in [2.05, 4.69) is 15.5 Å². The molecule has 4 rings (SSSR count). The Bertz CT molecular complexity index is 698. The van der Waals surface area contributed by atoms with Gasteiger partial charge in [-0.3, -0.25) is 9.89 Å². The molecule has 0 spiro atoms. The number of H-pyrrole nitrogens is 1. The SMILES string of the molecule is O=C(NCCc1n[nH]c2c1CCCC2)[C@@H]1Cc2ccccc2O1. The van der Waals surface area contributed by atoms with Crippen molar-refractivity contribution >= 4 is 5.91 Å². The number of benzene rings is 1. The molecule has 120 valence electrons. The Morgan fingerprint density at radius 2 is 2.17 bits per heavy atom. The first-order valence-electron chi connectivity index (χ1n) is 8.38. The van der Waals surface area contributed by atoms with Crippen LogP contribution >= 0.6 is 0 Å². The summed E-state index contributed by atoms with van der Waals surface area (Å²) < 4.78 is 5.71. The fourth-order valence-corrected chi connectivity index (χ4v) is 3.50. The standard InChI is InChI=1S/C18H21N3O2/c22-18(17-11-12-5-1-4-8-16(12)23-17)19-10-9-15-13-6-2-3-7-14(13)20-21-15/h1,4-5,8,17H,2-3,6-7,9-11H2,(H,19,22)(H,20,21)/t17-/m0/s1. The molecule has 0 unspecified atom stereocenters. The van der Waals surface area contributed by atoms with Crippen LogP contribution in [0.3, 0.4) is 0 Å². The summed E-state index contributed by atoms with van der Waals surface area (Å²) in [6.07, 6.45) is 5.71. The van der Waals surface area contributed by atoms with Crippen LogP contribution in [-0.4, -0.2) is 28.8 Å².